The van der Waals surface area contributed by atoms with E-state index < -0.39 is 0 Å². The lowest BCUT2D eigenvalue weighted by atomic mass is 10.1. The number of benzene rings is 2. The van der Waals surface area contributed by atoms with Crippen LogP contribution in [0.2, 0.25) is 0 Å². The zero-order valence-corrected chi connectivity index (χ0v) is 16.4. The zero-order valence-electron chi connectivity index (χ0n) is 16.4. The molecule has 0 aliphatic carbocycles. The van der Waals surface area contributed by atoms with Crippen LogP contribution in [0.25, 0.3) is 0 Å². The fourth-order valence-electron chi connectivity index (χ4n) is 3.82. The molecule has 4 amide bonds. The highest BCUT2D eigenvalue weighted by Crippen LogP contribution is 2.22. The quantitative estimate of drug-likeness (QED) is 0.809. The van der Waals surface area contributed by atoms with E-state index in [2.05, 4.69) is 35.3 Å². The highest BCUT2D eigenvalue weighted by atomic mass is 16.2. The Morgan fingerprint density at radius 2 is 1.59 bits per heavy atom. The fraction of sp³-hybridized carbons (Fsp3) is 0.318. The Kier molecular flexibility index (Phi) is 5.20. The maximum Gasteiger partial charge on any atom is 0.317 e. The van der Waals surface area contributed by atoms with Crippen LogP contribution < -0.4 is 10.2 Å². The minimum Gasteiger partial charge on any atom is -0.368 e. The van der Waals surface area contributed by atoms with Crippen molar-refractivity contribution < 1.29 is 14.4 Å². The van der Waals surface area contributed by atoms with Gasteiger partial charge in [-0.1, -0.05) is 24.3 Å². The van der Waals surface area contributed by atoms with Crippen molar-refractivity contribution in [3.05, 3.63) is 65.2 Å². The number of rotatable bonds is 4. The molecule has 2 aliphatic heterocycles. The van der Waals surface area contributed by atoms with Crippen LogP contribution in [0.4, 0.5) is 10.5 Å². The third-order valence-corrected chi connectivity index (χ3v) is 5.42. The van der Waals surface area contributed by atoms with Crippen LogP contribution >= 0.6 is 0 Å². The summed E-state index contributed by atoms with van der Waals surface area (Å²) < 4.78 is 0. The van der Waals surface area contributed by atoms with Crippen molar-refractivity contribution in [2.45, 2.75) is 6.92 Å². The van der Waals surface area contributed by atoms with Gasteiger partial charge in [0.25, 0.3) is 11.8 Å². The summed E-state index contributed by atoms with van der Waals surface area (Å²) in [6, 6.07) is 15.0. The van der Waals surface area contributed by atoms with Crippen molar-refractivity contribution in [2.75, 3.05) is 44.2 Å². The number of carbonyl (C=O) groups is 3. The Bertz CT molecular complexity index is 916. The summed E-state index contributed by atoms with van der Waals surface area (Å²) in [6.07, 6.45) is 0. The standard InChI is InChI=1S/C22H24N4O3/c1-16-5-4-6-17(15-16)24-11-13-25(14-12-24)22(29)23-9-10-26-20(27)18-7-2-3-8-19(18)21(26)28/h2-8,15H,9-14H2,1H3,(H,23,29). The molecule has 2 aliphatic rings. The van der Waals surface area contributed by atoms with Gasteiger partial charge in [0, 0.05) is 45.0 Å². The number of nitrogens with one attached hydrogen (secondary N) is 1. The number of imide groups is 1. The Morgan fingerprint density at radius 3 is 2.21 bits per heavy atom. The van der Waals surface area contributed by atoms with Crippen molar-refractivity contribution in [3.63, 3.8) is 0 Å². The summed E-state index contributed by atoms with van der Waals surface area (Å²) in [4.78, 5) is 42.4. The first-order valence-electron chi connectivity index (χ1n) is 9.84. The second kappa shape index (κ2) is 7.95. The first-order valence-corrected chi connectivity index (χ1v) is 9.84. The van der Waals surface area contributed by atoms with Gasteiger partial charge in [0.15, 0.2) is 0 Å². The number of anilines is 1. The number of carbonyl (C=O) groups excluding carboxylic acids is 3. The molecule has 2 aromatic rings. The van der Waals surface area contributed by atoms with E-state index in [0.717, 1.165) is 13.1 Å². The molecule has 29 heavy (non-hydrogen) atoms. The maximum absolute atomic E-state index is 12.5. The average molecular weight is 392 g/mol. The molecular weight excluding hydrogens is 368 g/mol. The van der Waals surface area contributed by atoms with Crippen LogP contribution in [0, 0.1) is 6.92 Å². The Hall–Kier alpha value is -3.35. The van der Waals surface area contributed by atoms with Gasteiger partial charge < -0.3 is 15.1 Å². The molecule has 1 N–H and O–H groups in total. The van der Waals surface area contributed by atoms with E-state index in [1.807, 2.05) is 6.07 Å². The molecule has 0 atom stereocenters. The second-order valence-electron chi connectivity index (χ2n) is 7.35. The van der Waals surface area contributed by atoms with E-state index in [4.69, 9.17) is 0 Å². The second-order valence-corrected chi connectivity index (χ2v) is 7.35. The predicted molar refractivity (Wildman–Crippen MR) is 110 cm³/mol. The van der Waals surface area contributed by atoms with Crippen LogP contribution in [0.3, 0.4) is 0 Å². The molecule has 4 rings (SSSR count). The number of nitrogens with zero attached hydrogens (tertiary/aromatic N) is 3. The molecule has 1 fully saturated rings. The number of hydrogen-bond donors (Lipinski definition) is 1. The summed E-state index contributed by atoms with van der Waals surface area (Å²) in [6.45, 7) is 5.29. The molecule has 0 bridgehead atoms. The van der Waals surface area contributed by atoms with Gasteiger partial charge in [0.05, 0.1) is 11.1 Å². The lowest BCUT2D eigenvalue weighted by Crippen LogP contribution is -2.52. The molecule has 0 spiro atoms. The number of urea groups is 1. The summed E-state index contributed by atoms with van der Waals surface area (Å²) in [5, 5.41) is 2.83. The molecule has 7 nitrogen and oxygen atoms in total. The van der Waals surface area contributed by atoms with Crippen molar-refractivity contribution >= 4 is 23.5 Å². The SMILES string of the molecule is Cc1cccc(N2CCN(C(=O)NCCN3C(=O)c4ccccc4C3=O)CC2)c1. The van der Waals surface area contributed by atoms with Gasteiger partial charge in [-0.05, 0) is 36.8 Å². The Morgan fingerprint density at radius 1 is 0.931 bits per heavy atom. The van der Waals surface area contributed by atoms with Crippen LogP contribution in [0.15, 0.2) is 48.5 Å². The summed E-state index contributed by atoms with van der Waals surface area (Å²) >= 11 is 0. The van der Waals surface area contributed by atoms with E-state index in [-0.39, 0.29) is 30.9 Å². The summed E-state index contributed by atoms with van der Waals surface area (Å²) in [7, 11) is 0. The molecule has 2 aromatic carbocycles. The van der Waals surface area contributed by atoms with Gasteiger partial charge in [0.2, 0.25) is 0 Å². The zero-order chi connectivity index (χ0) is 20.4. The lowest BCUT2D eigenvalue weighted by Gasteiger charge is -2.36. The predicted octanol–water partition coefficient (Wildman–Crippen LogP) is 2.12. The van der Waals surface area contributed by atoms with Gasteiger partial charge in [-0.2, -0.15) is 0 Å². The van der Waals surface area contributed by atoms with E-state index in [1.54, 1.807) is 29.2 Å². The van der Waals surface area contributed by atoms with E-state index in [9.17, 15) is 14.4 Å². The van der Waals surface area contributed by atoms with Crippen molar-refractivity contribution in [3.8, 4) is 0 Å². The van der Waals surface area contributed by atoms with Crippen molar-refractivity contribution in [1.82, 2.24) is 15.1 Å². The minimum absolute atomic E-state index is 0.162. The van der Waals surface area contributed by atoms with Crippen LogP contribution in [-0.2, 0) is 0 Å². The van der Waals surface area contributed by atoms with Gasteiger partial charge in [-0.3, -0.25) is 14.5 Å². The van der Waals surface area contributed by atoms with E-state index in [0.29, 0.717) is 24.2 Å². The van der Waals surface area contributed by atoms with Gasteiger partial charge in [-0.25, -0.2) is 4.79 Å². The highest BCUT2D eigenvalue weighted by molar-refractivity contribution is 6.21. The fourth-order valence-corrected chi connectivity index (χ4v) is 3.82. The third-order valence-electron chi connectivity index (χ3n) is 5.42. The normalized spacial score (nSPS) is 16.2. The van der Waals surface area contributed by atoms with E-state index in [1.165, 1.54) is 16.2 Å². The summed E-state index contributed by atoms with van der Waals surface area (Å²) in [5.74, 6) is -0.599. The molecule has 0 unspecified atom stereocenters. The molecule has 7 heteroatoms. The van der Waals surface area contributed by atoms with Crippen molar-refractivity contribution in [2.24, 2.45) is 0 Å². The first kappa shape index (κ1) is 19.0. The maximum atomic E-state index is 12.5. The number of hydrogen-bond acceptors (Lipinski definition) is 4. The minimum atomic E-state index is -0.299. The summed E-state index contributed by atoms with van der Waals surface area (Å²) in [5.41, 5.74) is 3.25. The first-order chi connectivity index (χ1) is 14.0. The molecule has 0 aromatic heterocycles. The van der Waals surface area contributed by atoms with E-state index >= 15 is 0 Å². The Balaban J connectivity index is 1.25. The Labute approximate surface area is 169 Å². The van der Waals surface area contributed by atoms with Crippen LogP contribution in [-0.4, -0.2) is 66.9 Å². The molecule has 0 saturated carbocycles. The molecule has 150 valence electrons. The molecule has 2 heterocycles. The molecule has 0 radical (unpaired) electrons. The smallest absolute Gasteiger partial charge is 0.317 e. The van der Waals surface area contributed by atoms with Crippen molar-refractivity contribution in [1.29, 1.82) is 0 Å². The molecule has 1 saturated heterocycles. The number of amides is 4. The topological polar surface area (TPSA) is 73.0 Å². The monoisotopic (exact) mass is 392 g/mol. The lowest BCUT2D eigenvalue weighted by molar-refractivity contribution is 0.0655. The van der Waals surface area contributed by atoms with Crippen LogP contribution in [0.5, 0.6) is 0 Å². The number of aryl methyl sites for hydroxylation is 1. The highest BCUT2D eigenvalue weighted by Gasteiger charge is 2.34. The van der Waals surface area contributed by atoms with Gasteiger partial charge in [0.1, 0.15) is 0 Å². The van der Waals surface area contributed by atoms with Crippen LogP contribution in [0.1, 0.15) is 26.3 Å². The number of fused-ring (bicyclic) bond motifs is 1. The van der Waals surface area contributed by atoms with Gasteiger partial charge >= 0.3 is 6.03 Å². The van der Waals surface area contributed by atoms with Gasteiger partial charge in [-0.15, -0.1) is 0 Å². The largest absolute Gasteiger partial charge is 0.368 e. The molecular formula is C22H24N4O3. The number of piperazine rings is 1. The average Bonchev–Trinajstić information content (AvgIpc) is 2.99. The third kappa shape index (κ3) is 3.81.